The average molecular weight is 432 g/mol. The summed E-state index contributed by atoms with van der Waals surface area (Å²) in [4.78, 5) is 21.4. The van der Waals surface area contributed by atoms with Gasteiger partial charge in [0.15, 0.2) is 0 Å². The molecule has 1 aromatic carbocycles. The first kappa shape index (κ1) is 21.8. The molecular formula is C20H28ClFNO4P. The maximum atomic E-state index is 14.5. The van der Waals surface area contributed by atoms with Crippen LogP contribution in [-0.4, -0.2) is 36.3 Å². The first-order valence-electron chi connectivity index (χ1n) is 9.58. The molecule has 6 atom stereocenters. The molecule has 28 heavy (non-hydrogen) atoms. The van der Waals surface area contributed by atoms with Crippen molar-refractivity contribution in [3.63, 3.8) is 0 Å². The highest BCUT2D eigenvalue weighted by atomic mass is 35.5. The molecule has 0 aliphatic heterocycles. The van der Waals surface area contributed by atoms with Gasteiger partial charge in [0.1, 0.15) is 26.0 Å². The summed E-state index contributed by atoms with van der Waals surface area (Å²) in [6, 6.07) is 2.43. The first-order chi connectivity index (χ1) is 13.1. The SMILES string of the molecule is COC12CC(C)CC(C1)C(Oc1cc(F)c(C(=O)NP(C)O)cc1Cl)C(C)C2. The minimum atomic E-state index is -1.68. The van der Waals surface area contributed by atoms with E-state index in [9.17, 15) is 14.1 Å². The fourth-order valence-corrected chi connectivity index (χ4v) is 5.70. The van der Waals surface area contributed by atoms with Crippen LogP contribution in [0.1, 0.15) is 49.9 Å². The summed E-state index contributed by atoms with van der Waals surface area (Å²) in [5, 5.41) is 2.49. The Morgan fingerprint density at radius 3 is 2.71 bits per heavy atom. The molecular weight excluding hydrogens is 404 g/mol. The average Bonchev–Trinajstić information content (AvgIpc) is 2.59. The van der Waals surface area contributed by atoms with Gasteiger partial charge < -0.3 is 19.5 Å². The van der Waals surface area contributed by atoms with Crippen LogP contribution in [0.4, 0.5) is 4.39 Å². The molecule has 1 amide bonds. The van der Waals surface area contributed by atoms with E-state index in [1.807, 2.05) is 0 Å². The predicted molar refractivity (Wildman–Crippen MR) is 108 cm³/mol. The highest BCUT2D eigenvalue weighted by Crippen LogP contribution is 2.50. The molecule has 2 bridgehead atoms. The van der Waals surface area contributed by atoms with Gasteiger partial charge in [-0.2, -0.15) is 0 Å². The minimum absolute atomic E-state index is 0.0801. The van der Waals surface area contributed by atoms with Gasteiger partial charge in [-0.05, 0) is 56.2 Å². The number of hydrogen-bond acceptors (Lipinski definition) is 4. The second kappa shape index (κ2) is 8.43. The van der Waals surface area contributed by atoms with Gasteiger partial charge >= 0.3 is 0 Å². The molecule has 3 rings (SSSR count). The largest absolute Gasteiger partial charge is 0.488 e. The molecule has 0 radical (unpaired) electrons. The van der Waals surface area contributed by atoms with Crippen molar-refractivity contribution in [3.05, 3.63) is 28.5 Å². The zero-order chi connectivity index (χ0) is 20.6. The van der Waals surface area contributed by atoms with E-state index < -0.39 is 20.0 Å². The van der Waals surface area contributed by atoms with Crippen molar-refractivity contribution in [3.8, 4) is 5.75 Å². The fraction of sp³-hybridized carbons (Fsp3) is 0.650. The lowest BCUT2D eigenvalue weighted by molar-refractivity contribution is -0.142. The fourth-order valence-electron chi connectivity index (χ4n) is 5.07. The molecule has 6 unspecified atom stereocenters. The molecule has 156 valence electrons. The third-order valence-electron chi connectivity index (χ3n) is 6.00. The quantitative estimate of drug-likeness (QED) is 0.660. The van der Waals surface area contributed by atoms with E-state index in [0.29, 0.717) is 11.8 Å². The molecule has 2 aliphatic rings. The minimum Gasteiger partial charge on any atom is -0.488 e. The van der Waals surface area contributed by atoms with Crippen LogP contribution in [-0.2, 0) is 4.74 Å². The summed E-state index contributed by atoms with van der Waals surface area (Å²) in [5.41, 5.74) is -0.302. The zero-order valence-electron chi connectivity index (χ0n) is 16.7. The van der Waals surface area contributed by atoms with E-state index in [1.165, 1.54) is 18.8 Å². The van der Waals surface area contributed by atoms with Crippen LogP contribution in [0.5, 0.6) is 5.75 Å². The van der Waals surface area contributed by atoms with Crippen molar-refractivity contribution >= 4 is 25.8 Å². The van der Waals surface area contributed by atoms with E-state index in [1.54, 1.807) is 7.11 Å². The zero-order valence-corrected chi connectivity index (χ0v) is 18.3. The number of hydrogen-bond donors (Lipinski definition) is 2. The van der Waals surface area contributed by atoms with Crippen LogP contribution in [0.2, 0.25) is 5.02 Å². The lowest BCUT2D eigenvalue weighted by atomic mass is 9.61. The lowest BCUT2D eigenvalue weighted by Gasteiger charge is -2.52. The second-order valence-electron chi connectivity index (χ2n) is 8.39. The van der Waals surface area contributed by atoms with E-state index in [2.05, 4.69) is 18.9 Å². The van der Waals surface area contributed by atoms with Crippen LogP contribution in [0.25, 0.3) is 0 Å². The van der Waals surface area contributed by atoms with Crippen LogP contribution in [0.3, 0.4) is 0 Å². The third-order valence-corrected chi connectivity index (χ3v) is 6.83. The molecule has 2 fully saturated rings. The number of nitrogens with one attached hydrogen (secondary N) is 1. The molecule has 5 nitrogen and oxygen atoms in total. The summed E-state index contributed by atoms with van der Waals surface area (Å²) >= 11 is 6.31. The Morgan fingerprint density at radius 2 is 2.07 bits per heavy atom. The van der Waals surface area contributed by atoms with E-state index >= 15 is 0 Å². The summed E-state index contributed by atoms with van der Waals surface area (Å²) in [5.74, 6) is -0.0741. The molecule has 1 aromatic rings. The van der Waals surface area contributed by atoms with Crippen LogP contribution in [0, 0.1) is 23.6 Å². The number of methoxy groups -OCH3 is 1. The highest BCUT2D eigenvalue weighted by Gasteiger charge is 2.50. The Morgan fingerprint density at radius 1 is 1.36 bits per heavy atom. The maximum absolute atomic E-state index is 14.5. The number of halogens is 2. The van der Waals surface area contributed by atoms with Gasteiger partial charge in [-0.15, -0.1) is 0 Å². The molecule has 0 heterocycles. The Balaban J connectivity index is 1.81. The lowest BCUT2D eigenvalue weighted by Crippen LogP contribution is -2.53. The standard InChI is InChI=1S/C20H28ClFNO4P/c1-11-5-13-10-20(8-11,26-3)9-12(2)18(13)27-17-7-16(22)14(6-15(17)21)19(24)23-28(4)25/h6-7,11-13,18,25H,5,8-10H2,1-4H3,(H,23,24). The summed E-state index contributed by atoms with van der Waals surface area (Å²) in [6.07, 6.45) is 3.84. The number of amides is 1. The topological polar surface area (TPSA) is 67.8 Å². The van der Waals surface area contributed by atoms with Gasteiger partial charge in [-0.3, -0.25) is 4.79 Å². The third kappa shape index (κ3) is 4.46. The van der Waals surface area contributed by atoms with Gasteiger partial charge in [-0.1, -0.05) is 25.4 Å². The van der Waals surface area contributed by atoms with Gasteiger partial charge in [-0.25, -0.2) is 4.39 Å². The Bertz CT molecular complexity index is 745. The van der Waals surface area contributed by atoms with Crippen LogP contribution in [0.15, 0.2) is 12.1 Å². The summed E-state index contributed by atoms with van der Waals surface area (Å²) in [6.45, 7) is 5.81. The summed E-state index contributed by atoms with van der Waals surface area (Å²) in [7, 11) is 0.103. The summed E-state index contributed by atoms with van der Waals surface area (Å²) < 4.78 is 26.6. The van der Waals surface area contributed by atoms with Crippen molar-refractivity contribution in [2.75, 3.05) is 13.8 Å². The van der Waals surface area contributed by atoms with Crippen LogP contribution < -0.4 is 9.82 Å². The van der Waals surface area contributed by atoms with Gasteiger partial charge in [0.05, 0.1) is 16.2 Å². The Hall–Kier alpha value is -0.940. The smallest absolute Gasteiger partial charge is 0.259 e. The number of carbonyl (C=O) groups is 1. The van der Waals surface area contributed by atoms with E-state index in [4.69, 9.17) is 21.1 Å². The molecule has 0 spiro atoms. The van der Waals surface area contributed by atoms with Crippen molar-refractivity contribution < 1.29 is 23.6 Å². The maximum Gasteiger partial charge on any atom is 0.259 e. The molecule has 8 heteroatoms. The van der Waals surface area contributed by atoms with Crippen LogP contribution >= 0.6 is 19.9 Å². The molecule has 0 saturated heterocycles. The highest BCUT2D eigenvalue weighted by molar-refractivity contribution is 7.49. The van der Waals surface area contributed by atoms with Crippen molar-refractivity contribution in [2.45, 2.75) is 51.2 Å². The van der Waals surface area contributed by atoms with Crippen molar-refractivity contribution in [2.24, 2.45) is 17.8 Å². The molecule has 2 N–H and O–H groups in total. The van der Waals surface area contributed by atoms with Gasteiger partial charge in [0, 0.05) is 13.2 Å². The number of ether oxygens (including phenoxy) is 2. The number of carbonyl (C=O) groups excluding carboxylic acids is 1. The van der Waals surface area contributed by atoms with Gasteiger partial charge in [0.25, 0.3) is 5.91 Å². The number of fused-ring (bicyclic) bond motifs is 2. The first-order valence-corrected chi connectivity index (χ1v) is 11.7. The Kier molecular flexibility index (Phi) is 6.55. The van der Waals surface area contributed by atoms with Crippen molar-refractivity contribution in [1.82, 2.24) is 5.09 Å². The predicted octanol–water partition coefficient (Wildman–Crippen LogP) is 4.75. The second-order valence-corrected chi connectivity index (χ2v) is 10.1. The number of benzene rings is 1. The number of rotatable bonds is 5. The monoisotopic (exact) mass is 431 g/mol. The van der Waals surface area contributed by atoms with E-state index in [0.717, 1.165) is 25.7 Å². The normalized spacial score (nSPS) is 33.2. The molecule has 0 aromatic heterocycles. The molecule has 2 aliphatic carbocycles. The van der Waals surface area contributed by atoms with E-state index in [-0.39, 0.29) is 34.0 Å². The molecule has 2 saturated carbocycles. The Labute approximate surface area is 171 Å². The van der Waals surface area contributed by atoms with Gasteiger partial charge in [0.2, 0.25) is 0 Å². The van der Waals surface area contributed by atoms with Crippen molar-refractivity contribution in [1.29, 1.82) is 0 Å².